The first-order valence-corrected chi connectivity index (χ1v) is 10.1. The predicted molar refractivity (Wildman–Crippen MR) is 108 cm³/mol. The fraction of sp³-hybridized carbons (Fsp3) is 0.350. The van der Waals surface area contributed by atoms with Gasteiger partial charge in [-0.25, -0.2) is 9.97 Å². The molecule has 1 unspecified atom stereocenters. The number of hydrogen-bond acceptors (Lipinski definition) is 7. The molecule has 138 valence electrons. The van der Waals surface area contributed by atoms with Crippen LogP contribution in [0.2, 0.25) is 0 Å². The maximum Gasteiger partial charge on any atom is 0.145 e. The smallest absolute Gasteiger partial charge is 0.145 e. The van der Waals surface area contributed by atoms with Gasteiger partial charge in [0.2, 0.25) is 0 Å². The third-order valence-corrected chi connectivity index (χ3v) is 6.13. The van der Waals surface area contributed by atoms with Crippen molar-refractivity contribution >= 4 is 39.3 Å². The molecule has 0 spiro atoms. The van der Waals surface area contributed by atoms with E-state index in [4.69, 9.17) is 10.5 Å². The first kappa shape index (κ1) is 16.6. The maximum absolute atomic E-state index is 6.16. The summed E-state index contributed by atoms with van der Waals surface area (Å²) < 4.78 is 6.01. The Morgan fingerprint density at radius 2 is 2.19 bits per heavy atom. The van der Waals surface area contributed by atoms with Gasteiger partial charge in [0.15, 0.2) is 0 Å². The number of aryl methyl sites for hydroxylation is 1. The summed E-state index contributed by atoms with van der Waals surface area (Å²) in [6.07, 6.45) is 6.47. The minimum atomic E-state index is 0.0773. The Morgan fingerprint density at radius 1 is 1.30 bits per heavy atom. The molecule has 6 nitrogen and oxygen atoms in total. The Morgan fingerprint density at radius 3 is 2.96 bits per heavy atom. The fourth-order valence-corrected chi connectivity index (χ4v) is 4.96. The Balaban J connectivity index is 1.61. The lowest BCUT2D eigenvalue weighted by molar-refractivity contribution is 0.243. The summed E-state index contributed by atoms with van der Waals surface area (Å²) >= 11 is 1.74. The Hall–Kier alpha value is -2.51. The van der Waals surface area contributed by atoms with Crippen molar-refractivity contribution in [2.75, 3.05) is 5.32 Å². The first-order chi connectivity index (χ1) is 13.1. The molecule has 0 bridgehead atoms. The van der Waals surface area contributed by atoms with E-state index in [0.717, 1.165) is 57.3 Å². The maximum atomic E-state index is 6.16. The SMILES string of the molecule is CC(C)Oc1cc2c(cc1Nc1ncnc3sc4c(c13)CCC(N)C4)=CN=2. The number of rotatable bonds is 4. The number of hydrogen-bond donors (Lipinski definition) is 2. The third kappa shape index (κ3) is 2.87. The highest BCUT2D eigenvalue weighted by atomic mass is 32.1. The van der Waals surface area contributed by atoms with Crippen LogP contribution in [0.5, 0.6) is 5.75 Å². The summed E-state index contributed by atoms with van der Waals surface area (Å²) in [5.41, 5.74) is 8.41. The predicted octanol–water partition coefficient (Wildman–Crippen LogP) is 2.41. The van der Waals surface area contributed by atoms with Crippen molar-refractivity contribution in [2.45, 2.75) is 45.3 Å². The van der Waals surface area contributed by atoms with Crippen LogP contribution in [0.3, 0.4) is 0 Å². The van der Waals surface area contributed by atoms with Gasteiger partial charge in [-0.3, -0.25) is 4.99 Å². The van der Waals surface area contributed by atoms with Crippen LogP contribution in [-0.4, -0.2) is 22.1 Å². The minimum Gasteiger partial charge on any atom is -0.489 e. The highest BCUT2D eigenvalue weighted by Gasteiger charge is 2.24. The number of ether oxygens (including phenoxy) is 1. The molecule has 2 aromatic heterocycles. The summed E-state index contributed by atoms with van der Waals surface area (Å²) in [6.45, 7) is 4.04. The minimum absolute atomic E-state index is 0.0773. The zero-order valence-electron chi connectivity index (χ0n) is 15.3. The average Bonchev–Trinajstić information content (AvgIpc) is 2.97. The van der Waals surface area contributed by atoms with Crippen LogP contribution in [0.1, 0.15) is 30.7 Å². The summed E-state index contributed by atoms with van der Waals surface area (Å²) in [6, 6.07) is 4.30. The largest absolute Gasteiger partial charge is 0.489 e. The molecule has 0 fully saturated rings. The quantitative estimate of drug-likeness (QED) is 0.727. The van der Waals surface area contributed by atoms with E-state index in [1.54, 1.807) is 17.7 Å². The van der Waals surface area contributed by atoms with Crippen LogP contribution in [-0.2, 0) is 12.8 Å². The molecule has 1 aliphatic heterocycles. The first-order valence-electron chi connectivity index (χ1n) is 9.25. The molecule has 3 aromatic rings. The van der Waals surface area contributed by atoms with Gasteiger partial charge in [-0.05, 0) is 44.7 Å². The molecule has 1 aliphatic carbocycles. The van der Waals surface area contributed by atoms with E-state index in [0.29, 0.717) is 0 Å². The molecule has 3 heterocycles. The molecular formula is C20H21N5OS. The molecule has 0 saturated carbocycles. The molecule has 27 heavy (non-hydrogen) atoms. The topological polar surface area (TPSA) is 85.4 Å². The van der Waals surface area contributed by atoms with E-state index in [2.05, 4.69) is 26.3 Å². The van der Waals surface area contributed by atoms with E-state index in [1.165, 1.54) is 10.4 Å². The Labute approximate surface area is 160 Å². The van der Waals surface area contributed by atoms with Crippen LogP contribution in [0.15, 0.2) is 23.5 Å². The molecule has 3 N–H and O–H groups in total. The van der Waals surface area contributed by atoms with Crippen molar-refractivity contribution < 1.29 is 4.74 Å². The normalized spacial score (nSPS) is 17.6. The molecule has 1 atom stereocenters. The van der Waals surface area contributed by atoms with Gasteiger partial charge < -0.3 is 15.8 Å². The highest BCUT2D eigenvalue weighted by Crippen LogP contribution is 2.39. The number of fused-ring (bicyclic) bond motifs is 4. The van der Waals surface area contributed by atoms with Crippen molar-refractivity contribution in [3.8, 4) is 5.75 Å². The summed E-state index contributed by atoms with van der Waals surface area (Å²) in [4.78, 5) is 15.7. The number of thiophene rings is 1. The molecule has 1 aromatic carbocycles. The molecule has 5 rings (SSSR count). The number of nitrogens with one attached hydrogen (secondary N) is 1. The van der Waals surface area contributed by atoms with Gasteiger partial charge >= 0.3 is 0 Å². The van der Waals surface area contributed by atoms with Crippen LogP contribution in [0.25, 0.3) is 16.4 Å². The number of benzene rings is 1. The van der Waals surface area contributed by atoms with E-state index < -0.39 is 0 Å². The molecule has 0 radical (unpaired) electrons. The highest BCUT2D eigenvalue weighted by molar-refractivity contribution is 7.19. The Bertz CT molecular complexity index is 1170. The van der Waals surface area contributed by atoms with Crippen molar-refractivity contribution in [3.63, 3.8) is 0 Å². The lowest BCUT2D eigenvalue weighted by Crippen LogP contribution is -2.31. The van der Waals surface area contributed by atoms with Gasteiger partial charge in [0.25, 0.3) is 0 Å². The van der Waals surface area contributed by atoms with E-state index in [-0.39, 0.29) is 12.1 Å². The van der Waals surface area contributed by atoms with Crippen LogP contribution >= 0.6 is 11.3 Å². The number of nitrogens with zero attached hydrogens (tertiary/aromatic N) is 3. The summed E-state index contributed by atoms with van der Waals surface area (Å²) in [5, 5.41) is 6.70. The molecule has 2 aliphatic rings. The van der Waals surface area contributed by atoms with E-state index in [9.17, 15) is 0 Å². The molecule has 7 heteroatoms. The number of aromatic nitrogens is 2. The van der Waals surface area contributed by atoms with Crippen LogP contribution in [0, 0.1) is 0 Å². The van der Waals surface area contributed by atoms with Crippen molar-refractivity contribution in [1.29, 1.82) is 0 Å². The van der Waals surface area contributed by atoms with Gasteiger partial charge in [0, 0.05) is 28.4 Å². The second kappa shape index (κ2) is 6.28. The monoisotopic (exact) mass is 379 g/mol. The second-order valence-corrected chi connectivity index (χ2v) is 8.45. The summed E-state index contributed by atoms with van der Waals surface area (Å²) in [5.74, 6) is 1.62. The van der Waals surface area contributed by atoms with Crippen molar-refractivity contribution in [3.05, 3.63) is 39.5 Å². The molecule has 0 amide bonds. The number of nitrogens with two attached hydrogens (primary N) is 1. The zero-order chi connectivity index (χ0) is 18.5. The van der Waals surface area contributed by atoms with Gasteiger partial charge in [0.05, 0.1) is 22.5 Å². The van der Waals surface area contributed by atoms with Crippen molar-refractivity contribution in [2.24, 2.45) is 10.7 Å². The fourth-order valence-electron chi connectivity index (χ4n) is 3.68. The van der Waals surface area contributed by atoms with Gasteiger partial charge in [-0.15, -0.1) is 11.3 Å². The number of anilines is 2. The van der Waals surface area contributed by atoms with Crippen LogP contribution < -0.4 is 26.4 Å². The lowest BCUT2D eigenvalue weighted by atomic mass is 9.93. The third-order valence-electron chi connectivity index (χ3n) is 4.97. The molecule has 0 saturated heterocycles. The molecular weight excluding hydrogens is 358 g/mol. The van der Waals surface area contributed by atoms with Gasteiger partial charge in [0.1, 0.15) is 22.7 Å². The van der Waals surface area contributed by atoms with Crippen molar-refractivity contribution in [1.82, 2.24) is 9.97 Å². The van der Waals surface area contributed by atoms with Crippen LogP contribution in [0.4, 0.5) is 11.5 Å². The second-order valence-electron chi connectivity index (χ2n) is 7.37. The summed E-state index contributed by atoms with van der Waals surface area (Å²) in [7, 11) is 0. The van der Waals surface area contributed by atoms with Gasteiger partial charge in [-0.1, -0.05) is 0 Å². The average molecular weight is 379 g/mol. The lowest BCUT2D eigenvalue weighted by Gasteiger charge is -2.19. The Kier molecular flexibility index (Phi) is 3.87. The van der Waals surface area contributed by atoms with E-state index in [1.807, 2.05) is 26.1 Å². The standard InChI is InChI=1S/C20H21N5OS/c1-10(2)26-16-7-14-11(8-22-14)5-15(16)25-19-18-13-4-3-12(21)6-17(13)27-20(18)24-9-23-19/h5,7-10,12H,3-4,6,21H2,1-2H3,(H,23,24,25). The van der Waals surface area contributed by atoms with Gasteiger partial charge in [-0.2, -0.15) is 0 Å². The van der Waals surface area contributed by atoms with E-state index >= 15 is 0 Å². The zero-order valence-corrected chi connectivity index (χ0v) is 16.1.